The van der Waals surface area contributed by atoms with Crippen molar-refractivity contribution in [2.24, 2.45) is 0 Å². The molecular weight excluding hydrogens is 420 g/mol. The minimum absolute atomic E-state index is 0.000519. The Labute approximate surface area is 193 Å². The SMILES string of the molecule is Cc1cccc(C)c1NC(=O)CCCSCC(=O)Nc1ccccc1Oc1ccccc1. The molecule has 2 amide bonds. The van der Waals surface area contributed by atoms with Gasteiger partial charge in [-0.2, -0.15) is 11.8 Å². The quantitative estimate of drug-likeness (QED) is 0.363. The van der Waals surface area contributed by atoms with Crippen LogP contribution in [0.15, 0.2) is 72.8 Å². The fourth-order valence-electron chi connectivity index (χ4n) is 3.17. The van der Waals surface area contributed by atoms with Crippen LogP contribution in [-0.2, 0) is 9.59 Å². The second kappa shape index (κ2) is 12.0. The maximum Gasteiger partial charge on any atom is 0.234 e. The summed E-state index contributed by atoms with van der Waals surface area (Å²) in [7, 11) is 0. The number of aryl methyl sites for hydroxylation is 2. The number of ether oxygens (including phenoxy) is 1. The van der Waals surface area contributed by atoms with Crippen LogP contribution in [0.3, 0.4) is 0 Å². The van der Waals surface area contributed by atoms with Gasteiger partial charge in [-0.1, -0.05) is 48.5 Å². The largest absolute Gasteiger partial charge is 0.455 e. The molecule has 0 spiro atoms. The van der Waals surface area contributed by atoms with Crippen molar-refractivity contribution in [2.75, 3.05) is 22.1 Å². The zero-order valence-electron chi connectivity index (χ0n) is 18.4. The van der Waals surface area contributed by atoms with Crippen LogP contribution in [0.5, 0.6) is 11.5 Å². The maximum absolute atomic E-state index is 12.4. The van der Waals surface area contributed by atoms with E-state index in [0.717, 1.165) is 22.6 Å². The molecule has 3 aromatic carbocycles. The Morgan fingerprint density at radius 3 is 2.25 bits per heavy atom. The number of thioether (sulfide) groups is 1. The maximum atomic E-state index is 12.4. The molecule has 6 heteroatoms. The first kappa shape index (κ1) is 23.4. The standard InChI is InChI=1S/C26H28N2O3S/c1-19-10-8-11-20(2)26(19)28-24(29)16-9-17-32-18-25(30)27-22-14-6-7-15-23(22)31-21-12-4-3-5-13-21/h3-8,10-15H,9,16-18H2,1-2H3,(H,27,30)(H,28,29). The Morgan fingerprint density at radius 2 is 1.50 bits per heavy atom. The lowest BCUT2D eigenvalue weighted by Crippen LogP contribution is -2.15. The molecule has 0 aliphatic carbocycles. The molecule has 3 aromatic rings. The van der Waals surface area contributed by atoms with Crippen LogP contribution < -0.4 is 15.4 Å². The van der Waals surface area contributed by atoms with Gasteiger partial charge in [0.2, 0.25) is 11.8 Å². The van der Waals surface area contributed by atoms with E-state index in [2.05, 4.69) is 10.6 Å². The van der Waals surface area contributed by atoms with Gasteiger partial charge in [0, 0.05) is 12.1 Å². The number of amides is 2. The molecule has 0 atom stereocenters. The fraction of sp³-hybridized carbons (Fsp3) is 0.231. The van der Waals surface area contributed by atoms with Crippen molar-refractivity contribution in [3.63, 3.8) is 0 Å². The van der Waals surface area contributed by atoms with Gasteiger partial charge in [0.15, 0.2) is 5.75 Å². The molecule has 0 aliphatic rings. The highest BCUT2D eigenvalue weighted by molar-refractivity contribution is 7.99. The molecule has 0 bridgehead atoms. The molecule has 2 N–H and O–H groups in total. The van der Waals surface area contributed by atoms with E-state index in [1.54, 1.807) is 0 Å². The predicted molar refractivity (Wildman–Crippen MR) is 133 cm³/mol. The monoisotopic (exact) mass is 448 g/mol. The molecule has 166 valence electrons. The third-order valence-corrected chi connectivity index (χ3v) is 5.85. The number of anilines is 2. The van der Waals surface area contributed by atoms with Crippen molar-refractivity contribution in [3.05, 3.63) is 83.9 Å². The number of hydrogen-bond donors (Lipinski definition) is 2. The summed E-state index contributed by atoms with van der Waals surface area (Å²) in [5, 5.41) is 5.91. The van der Waals surface area contributed by atoms with Gasteiger partial charge in [0.05, 0.1) is 11.4 Å². The first-order chi connectivity index (χ1) is 15.5. The zero-order chi connectivity index (χ0) is 22.8. The average molecular weight is 449 g/mol. The molecule has 0 saturated heterocycles. The van der Waals surface area contributed by atoms with E-state index in [1.165, 1.54) is 11.8 Å². The van der Waals surface area contributed by atoms with Crippen LogP contribution in [0, 0.1) is 13.8 Å². The number of carbonyl (C=O) groups excluding carboxylic acids is 2. The Balaban J connectivity index is 1.39. The Morgan fingerprint density at radius 1 is 0.812 bits per heavy atom. The second-order valence-electron chi connectivity index (χ2n) is 7.43. The lowest BCUT2D eigenvalue weighted by atomic mass is 10.1. The van der Waals surface area contributed by atoms with Gasteiger partial charge in [-0.15, -0.1) is 0 Å². The van der Waals surface area contributed by atoms with Crippen LogP contribution in [-0.4, -0.2) is 23.3 Å². The van der Waals surface area contributed by atoms with Crippen molar-refractivity contribution in [1.29, 1.82) is 0 Å². The summed E-state index contributed by atoms with van der Waals surface area (Å²) in [6.07, 6.45) is 1.14. The zero-order valence-corrected chi connectivity index (χ0v) is 19.2. The van der Waals surface area contributed by atoms with Gasteiger partial charge < -0.3 is 15.4 Å². The number of nitrogens with one attached hydrogen (secondary N) is 2. The first-order valence-corrected chi connectivity index (χ1v) is 11.7. The summed E-state index contributed by atoms with van der Waals surface area (Å²) in [6.45, 7) is 3.97. The van der Waals surface area contributed by atoms with E-state index < -0.39 is 0 Å². The number of benzene rings is 3. The van der Waals surface area contributed by atoms with Crippen LogP contribution in [0.25, 0.3) is 0 Å². The summed E-state index contributed by atoms with van der Waals surface area (Å²) in [6, 6.07) is 22.8. The summed E-state index contributed by atoms with van der Waals surface area (Å²) in [5.41, 5.74) is 3.64. The van der Waals surface area contributed by atoms with Gasteiger partial charge in [-0.25, -0.2) is 0 Å². The minimum atomic E-state index is -0.0981. The molecule has 0 saturated carbocycles. The summed E-state index contributed by atoms with van der Waals surface area (Å²) in [5.74, 6) is 2.26. The highest BCUT2D eigenvalue weighted by Crippen LogP contribution is 2.29. The summed E-state index contributed by atoms with van der Waals surface area (Å²) < 4.78 is 5.88. The highest BCUT2D eigenvalue weighted by Gasteiger charge is 2.10. The molecule has 0 aliphatic heterocycles. The molecule has 0 heterocycles. The summed E-state index contributed by atoms with van der Waals surface area (Å²) >= 11 is 1.51. The van der Waals surface area contributed by atoms with Crippen LogP contribution in [0.4, 0.5) is 11.4 Å². The van der Waals surface area contributed by atoms with Crippen LogP contribution in [0.1, 0.15) is 24.0 Å². The molecule has 3 rings (SSSR count). The molecule has 32 heavy (non-hydrogen) atoms. The van der Waals surface area contributed by atoms with E-state index in [9.17, 15) is 9.59 Å². The molecular formula is C26H28N2O3S. The third kappa shape index (κ3) is 7.17. The van der Waals surface area contributed by atoms with Gasteiger partial charge in [0.25, 0.3) is 0 Å². The number of carbonyl (C=O) groups is 2. The number of hydrogen-bond acceptors (Lipinski definition) is 4. The number of rotatable bonds is 10. The van der Waals surface area contributed by atoms with E-state index in [0.29, 0.717) is 35.8 Å². The van der Waals surface area contributed by atoms with Crippen molar-refractivity contribution < 1.29 is 14.3 Å². The predicted octanol–water partition coefficient (Wildman–Crippen LogP) is 6.19. The Bertz CT molecular complexity index is 1030. The van der Waals surface area contributed by atoms with Crippen molar-refractivity contribution in [2.45, 2.75) is 26.7 Å². The van der Waals surface area contributed by atoms with E-state index in [-0.39, 0.29) is 11.8 Å². The van der Waals surface area contributed by atoms with Crippen molar-refractivity contribution in [3.8, 4) is 11.5 Å². The van der Waals surface area contributed by atoms with Crippen molar-refractivity contribution in [1.82, 2.24) is 0 Å². The highest BCUT2D eigenvalue weighted by atomic mass is 32.2. The van der Waals surface area contributed by atoms with Gasteiger partial charge in [0.1, 0.15) is 5.75 Å². The van der Waals surface area contributed by atoms with Gasteiger partial charge in [-0.3, -0.25) is 9.59 Å². The Hall–Kier alpha value is -3.25. The van der Waals surface area contributed by atoms with E-state index in [4.69, 9.17) is 4.74 Å². The topological polar surface area (TPSA) is 67.4 Å². The van der Waals surface area contributed by atoms with E-state index in [1.807, 2.05) is 86.6 Å². The normalized spacial score (nSPS) is 10.4. The Kier molecular flexibility index (Phi) is 8.75. The molecule has 0 aromatic heterocycles. The smallest absolute Gasteiger partial charge is 0.234 e. The second-order valence-corrected chi connectivity index (χ2v) is 8.54. The summed E-state index contributed by atoms with van der Waals surface area (Å²) in [4.78, 5) is 24.6. The lowest BCUT2D eigenvalue weighted by Gasteiger charge is -2.12. The van der Waals surface area contributed by atoms with E-state index >= 15 is 0 Å². The van der Waals surface area contributed by atoms with Crippen LogP contribution >= 0.6 is 11.8 Å². The molecule has 5 nitrogen and oxygen atoms in total. The third-order valence-electron chi connectivity index (χ3n) is 4.80. The average Bonchev–Trinajstić information content (AvgIpc) is 2.78. The van der Waals surface area contributed by atoms with Gasteiger partial charge in [-0.05, 0) is 61.4 Å². The van der Waals surface area contributed by atoms with Gasteiger partial charge >= 0.3 is 0 Å². The molecule has 0 radical (unpaired) electrons. The molecule has 0 unspecified atom stereocenters. The van der Waals surface area contributed by atoms with Crippen LogP contribution in [0.2, 0.25) is 0 Å². The lowest BCUT2D eigenvalue weighted by molar-refractivity contribution is -0.116. The first-order valence-electron chi connectivity index (χ1n) is 10.6. The molecule has 0 fully saturated rings. The minimum Gasteiger partial charge on any atom is -0.455 e. The number of para-hydroxylation sites is 4. The fourth-order valence-corrected chi connectivity index (χ4v) is 3.92. The van der Waals surface area contributed by atoms with Crippen molar-refractivity contribution >= 4 is 35.0 Å².